The van der Waals surface area contributed by atoms with Crippen molar-refractivity contribution in [3.8, 4) is 11.4 Å². The number of aromatic nitrogens is 5. The van der Waals surface area contributed by atoms with Crippen LogP contribution in [0.4, 0.5) is 18.9 Å². The van der Waals surface area contributed by atoms with Gasteiger partial charge in [0, 0.05) is 17.0 Å². The predicted octanol–water partition coefficient (Wildman–Crippen LogP) is 6.95. The Morgan fingerprint density at radius 1 is 1.00 bits per heavy atom. The minimum absolute atomic E-state index is 0.0895. The first-order valence-corrected chi connectivity index (χ1v) is 15.2. The molecule has 244 valence electrons. The summed E-state index contributed by atoms with van der Waals surface area (Å²) < 4.78 is 57.0. The molecule has 3 aromatic heterocycles. The third-order valence-electron chi connectivity index (χ3n) is 7.65. The normalized spacial score (nSPS) is 14.9. The van der Waals surface area contributed by atoms with E-state index in [0.29, 0.717) is 52.7 Å². The summed E-state index contributed by atoms with van der Waals surface area (Å²) in [6.07, 6.45) is -1.70. The molecule has 0 saturated heterocycles. The maximum absolute atomic E-state index is 14.2. The lowest BCUT2D eigenvalue weighted by Crippen LogP contribution is -2.23. The number of nitrogens with zero attached hydrogens (tertiary/aromatic N) is 5. The second-order valence-corrected chi connectivity index (χ2v) is 12.4. The van der Waals surface area contributed by atoms with Crippen LogP contribution in [0.3, 0.4) is 0 Å². The molecule has 1 aliphatic rings. The van der Waals surface area contributed by atoms with Crippen molar-refractivity contribution in [1.82, 2.24) is 24.4 Å². The zero-order chi connectivity index (χ0) is 33.5. The molecule has 0 saturated carbocycles. The van der Waals surface area contributed by atoms with Gasteiger partial charge in [-0.1, -0.05) is 6.07 Å². The van der Waals surface area contributed by atoms with Crippen molar-refractivity contribution in [3.05, 3.63) is 101 Å². The standard InChI is InChI=1S/C34H33F3N6O4/c1-20-38-28-16-13-24(18-42(28)40-20)39-31(44)22-7-5-9-25(17-22)43-29-23(8-6-10-27(29)30(41-43)34(35,36)37)19-46-26-14-11-21(12-15-26)32(45)47-33(2,3)4/h5,7,9,11-18,23H,6,8,10,19H2,1-4H3,(H,39,44). The maximum Gasteiger partial charge on any atom is 0.435 e. The minimum atomic E-state index is -4.66. The van der Waals surface area contributed by atoms with Crippen molar-refractivity contribution >= 4 is 23.2 Å². The molecule has 10 nitrogen and oxygen atoms in total. The fraction of sp³-hybridized carbons (Fsp3) is 0.324. The molecular weight excluding hydrogens is 613 g/mol. The van der Waals surface area contributed by atoms with E-state index in [-0.39, 0.29) is 24.2 Å². The topological polar surface area (TPSA) is 113 Å². The van der Waals surface area contributed by atoms with Crippen LogP contribution in [0.5, 0.6) is 5.75 Å². The summed E-state index contributed by atoms with van der Waals surface area (Å²) in [5.74, 6) is -0.281. The van der Waals surface area contributed by atoms with E-state index in [1.165, 1.54) is 10.7 Å². The van der Waals surface area contributed by atoms with Crippen LogP contribution in [0, 0.1) is 6.92 Å². The average Bonchev–Trinajstić information content (AvgIpc) is 3.60. The molecule has 0 spiro atoms. The number of fused-ring (bicyclic) bond motifs is 2. The minimum Gasteiger partial charge on any atom is -0.493 e. The number of amides is 1. The molecule has 1 unspecified atom stereocenters. The Morgan fingerprint density at radius 3 is 2.49 bits per heavy atom. The monoisotopic (exact) mass is 646 g/mol. The molecule has 2 aromatic carbocycles. The van der Waals surface area contributed by atoms with Crippen molar-refractivity contribution in [2.45, 2.75) is 64.7 Å². The van der Waals surface area contributed by atoms with Gasteiger partial charge in [-0.3, -0.25) is 4.79 Å². The van der Waals surface area contributed by atoms with E-state index in [9.17, 15) is 22.8 Å². The number of ether oxygens (including phenoxy) is 2. The number of pyridine rings is 1. The van der Waals surface area contributed by atoms with Crippen LogP contribution >= 0.6 is 0 Å². The molecule has 3 heterocycles. The van der Waals surface area contributed by atoms with Gasteiger partial charge >= 0.3 is 12.1 Å². The summed E-state index contributed by atoms with van der Waals surface area (Å²) >= 11 is 0. The highest BCUT2D eigenvalue weighted by atomic mass is 19.4. The Balaban J connectivity index is 1.26. The van der Waals surface area contributed by atoms with E-state index in [0.717, 1.165) is 0 Å². The SMILES string of the molecule is Cc1nc2ccc(NC(=O)c3cccc(-n4nc(C(F)(F)F)c5c4C(COc4ccc(C(=O)OC(C)(C)C)cc4)CCC5)c3)cn2n1. The van der Waals surface area contributed by atoms with Gasteiger partial charge < -0.3 is 14.8 Å². The molecule has 1 amide bonds. The zero-order valence-electron chi connectivity index (χ0n) is 26.3. The lowest BCUT2D eigenvalue weighted by molar-refractivity contribution is -0.142. The number of esters is 1. The Kier molecular flexibility index (Phi) is 8.24. The number of alkyl halides is 3. The number of carbonyl (C=O) groups is 2. The van der Waals surface area contributed by atoms with E-state index >= 15 is 0 Å². The van der Waals surface area contributed by atoms with Gasteiger partial charge in [-0.05, 0) is 102 Å². The number of carbonyl (C=O) groups excluding carboxylic acids is 2. The summed E-state index contributed by atoms with van der Waals surface area (Å²) in [6.45, 7) is 7.19. The largest absolute Gasteiger partial charge is 0.493 e. The lowest BCUT2D eigenvalue weighted by atomic mass is 9.86. The molecule has 47 heavy (non-hydrogen) atoms. The highest BCUT2D eigenvalue weighted by Gasteiger charge is 2.42. The first kappa shape index (κ1) is 31.8. The van der Waals surface area contributed by atoms with E-state index in [2.05, 4.69) is 20.5 Å². The van der Waals surface area contributed by atoms with Gasteiger partial charge in [0.2, 0.25) is 0 Å². The first-order chi connectivity index (χ1) is 22.2. The van der Waals surface area contributed by atoms with Crippen LogP contribution < -0.4 is 10.1 Å². The fourth-order valence-corrected chi connectivity index (χ4v) is 5.65. The number of hydrogen-bond acceptors (Lipinski definition) is 7. The second-order valence-electron chi connectivity index (χ2n) is 12.4. The van der Waals surface area contributed by atoms with Crippen molar-refractivity contribution in [3.63, 3.8) is 0 Å². The van der Waals surface area contributed by atoms with Gasteiger partial charge in [-0.15, -0.1) is 0 Å². The lowest BCUT2D eigenvalue weighted by Gasteiger charge is -2.25. The summed E-state index contributed by atoms with van der Waals surface area (Å²) in [6, 6.07) is 16.2. The number of nitrogens with one attached hydrogen (secondary N) is 1. The summed E-state index contributed by atoms with van der Waals surface area (Å²) in [5.41, 5.74) is 0.974. The molecule has 0 fully saturated rings. The number of anilines is 1. The number of halogens is 3. The highest BCUT2D eigenvalue weighted by Crippen LogP contribution is 2.41. The molecule has 1 N–H and O–H groups in total. The molecule has 13 heteroatoms. The van der Waals surface area contributed by atoms with Crippen molar-refractivity contribution in [1.29, 1.82) is 0 Å². The summed E-state index contributed by atoms with van der Waals surface area (Å²) in [7, 11) is 0. The van der Waals surface area contributed by atoms with Gasteiger partial charge in [0.05, 0.1) is 35.4 Å². The smallest absolute Gasteiger partial charge is 0.435 e. The number of hydrogen-bond donors (Lipinski definition) is 1. The van der Waals surface area contributed by atoms with Crippen LogP contribution in [0.2, 0.25) is 0 Å². The molecule has 0 radical (unpaired) electrons. The Hall–Kier alpha value is -5.20. The fourth-order valence-electron chi connectivity index (χ4n) is 5.65. The summed E-state index contributed by atoms with van der Waals surface area (Å²) in [4.78, 5) is 29.9. The van der Waals surface area contributed by atoms with E-state index < -0.39 is 35.3 Å². The maximum atomic E-state index is 14.2. The van der Waals surface area contributed by atoms with Crippen molar-refractivity contribution in [2.75, 3.05) is 11.9 Å². The summed E-state index contributed by atoms with van der Waals surface area (Å²) in [5, 5.41) is 11.1. The van der Waals surface area contributed by atoms with Gasteiger partial charge in [0.1, 0.15) is 17.2 Å². The third kappa shape index (κ3) is 6.98. The zero-order valence-corrected chi connectivity index (χ0v) is 26.3. The molecule has 1 aliphatic carbocycles. The van der Waals surface area contributed by atoms with Crippen LogP contribution in [0.1, 0.15) is 83.0 Å². The molecule has 6 rings (SSSR count). The molecular formula is C34H33F3N6O4. The molecule has 1 atom stereocenters. The average molecular weight is 647 g/mol. The number of aryl methyl sites for hydroxylation is 1. The second kappa shape index (κ2) is 12.2. The Labute approximate surface area is 268 Å². The Morgan fingerprint density at radius 2 is 1.77 bits per heavy atom. The first-order valence-electron chi connectivity index (χ1n) is 15.2. The number of benzene rings is 2. The van der Waals surface area contributed by atoms with Crippen LogP contribution in [-0.2, 0) is 17.3 Å². The van der Waals surface area contributed by atoms with E-state index in [1.54, 1.807) is 93.0 Å². The van der Waals surface area contributed by atoms with Gasteiger partial charge in [0.15, 0.2) is 11.3 Å². The predicted molar refractivity (Wildman–Crippen MR) is 167 cm³/mol. The quantitative estimate of drug-likeness (QED) is 0.191. The highest BCUT2D eigenvalue weighted by molar-refractivity contribution is 6.04. The van der Waals surface area contributed by atoms with Gasteiger partial charge in [0.25, 0.3) is 5.91 Å². The van der Waals surface area contributed by atoms with E-state index in [1.807, 2.05) is 0 Å². The van der Waals surface area contributed by atoms with Gasteiger partial charge in [-0.2, -0.15) is 23.4 Å². The van der Waals surface area contributed by atoms with Crippen LogP contribution in [0.25, 0.3) is 11.3 Å². The van der Waals surface area contributed by atoms with Crippen LogP contribution in [0.15, 0.2) is 66.9 Å². The van der Waals surface area contributed by atoms with Gasteiger partial charge in [-0.25, -0.2) is 19.0 Å². The van der Waals surface area contributed by atoms with Crippen LogP contribution in [-0.4, -0.2) is 48.5 Å². The third-order valence-corrected chi connectivity index (χ3v) is 7.65. The van der Waals surface area contributed by atoms with Crippen molar-refractivity contribution in [2.24, 2.45) is 0 Å². The molecule has 5 aromatic rings. The van der Waals surface area contributed by atoms with E-state index in [4.69, 9.17) is 9.47 Å². The molecule has 0 bridgehead atoms. The number of rotatable bonds is 7. The van der Waals surface area contributed by atoms with Crippen molar-refractivity contribution < 1.29 is 32.2 Å². The Bertz CT molecular complexity index is 1960. The molecule has 0 aliphatic heterocycles.